The molecule has 0 aliphatic carbocycles. The standard InChI is InChI=1S/C17H13Cl2N3OS/c18-12-7-8-14(19)13(10-12)16(23)20-17-22-21-15(24-17)9-6-11-4-2-1-3-5-11/h1-5,7-8,10H,6,9H2,(H,20,22,23). The van der Waals surface area contributed by atoms with Crippen molar-refractivity contribution in [2.75, 3.05) is 5.32 Å². The fourth-order valence-electron chi connectivity index (χ4n) is 2.14. The lowest BCUT2D eigenvalue weighted by Crippen LogP contribution is -2.12. The minimum absolute atomic E-state index is 0.310. The molecule has 1 heterocycles. The molecule has 0 saturated heterocycles. The average Bonchev–Trinajstić information content (AvgIpc) is 3.03. The van der Waals surface area contributed by atoms with Crippen LogP contribution in [0.5, 0.6) is 0 Å². The minimum atomic E-state index is -0.353. The van der Waals surface area contributed by atoms with Gasteiger partial charge in [0.15, 0.2) is 0 Å². The summed E-state index contributed by atoms with van der Waals surface area (Å²) in [7, 11) is 0. The van der Waals surface area contributed by atoms with Crippen molar-refractivity contribution >= 4 is 45.6 Å². The van der Waals surface area contributed by atoms with Crippen molar-refractivity contribution in [1.82, 2.24) is 10.2 Å². The maximum absolute atomic E-state index is 12.3. The summed E-state index contributed by atoms with van der Waals surface area (Å²) in [4.78, 5) is 12.3. The van der Waals surface area contributed by atoms with Crippen LogP contribution in [-0.2, 0) is 12.8 Å². The number of nitrogens with zero attached hydrogens (tertiary/aromatic N) is 2. The Morgan fingerprint density at radius 1 is 1.04 bits per heavy atom. The highest BCUT2D eigenvalue weighted by Crippen LogP contribution is 2.23. The topological polar surface area (TPSA) is 54.9 Å². The number of aromatic nitrogens is 2. The number of benzene rings is 2. The quantitative estimate of drug-likeness (QED) is 0.688. The van der Waals surface area contributed by atoms with Crippen LogP contribution in [0.3, 0.4) is 0 Å². The summed E-state index contributed by atoms with van der Waals surface area (Å²) >= 11 is 13.3. The van der Waals surface area contributed by atoms with Gasteiger partial charge < -0.3 is 0 Å². The summed E-state index contributed by atoms with van der Waals surface area (Å²) in [6.45, 7) is 0. The van der Waals surface area contributed by atoms with Gasteiger partial charge in [0, 0.05) is 11.4 Å². The largest absolute Gasteiger partial charge is 0.296 e. The number of halogens is 2. The first kappa shape index (κ1) is 16.9. The summed E-state index contributed by atoms with van der Waals surface area (Å²) in [5, 5.41) is 12.9. The second-order valence-electron chi connectivity index (χ2n) is 5.06. The Morgan fingerprint density at radius 3 is 2.62 bits per heavy atom. The van der Waals surface area contributed by atoms with Crippen LogP contribution >= 0.6 is 34.5 Å². The van der Waals surface area contributed by atoms with Crippen LogP contribution in [0, 0.1) is 0 Å². The predicted molar refractivity (Wildman–Crippen MR) is 98.2 cm³/mol. The first-order chi connectivity index (χ1) is 11.6. The van der Waals surface area contributed by atoms with E-state index in [0.717, 1.165) is 17.8 Å². The number of amides is 1. The molecule has 0 spiro atoms. The van der Waals surface area contributed by atoms with Gasteiger partial charge in [-0.3, -0.25) is 10.1 Å². The van der Waals surface area contributed by atoms with Crippen molar-refractivity contribution in [3.8, 4) is 0 Å². The Balaban J connectivity index is 1.63. The van der Waals surface area contributed by atoms with E-state index in [1.807, 2.05) is 18.2 Å². The molecule has 122 valence electrons. The van der Waals surface area contributed by atoms with E-state index in [4.69, 9.17) is 23.2 Å². The molecule has 24 heavy (non-hydrogen) atoms. The lowest BCUT2D eigenvalue weighted by Gasteiger charge is -2.03. The number of nitrogens with one attached hydrogen (secondary N) is 1. The summed E-state index contributed by atoms with van der Waals surface area (Å²) in [6, 6.07) is 14.9. The minimum Gasteiger partial charge on any atom is -0.296 e. The highest BCUT2D eigenvalue weighted by Gasteiger charge is 2.14. The molecule has 7 heteroatoms. The summed E-state index contributed by atoms with van der Waals surface area (Å²) in [5.41, 5.74) is 1.55. The number of rotatable bonds is 5. The molecule has 0 radical (unpaired) electrons. The zero-order valence-corrected chi connectivity index (χ0v) is 14.8. The Morgan fingerprint density at radius 2 is 1.83 bits per heavy atom. The van der Waals surface area contributed by atoms with Crippen molar-refractivity contribution in [2.24, 2.45) is 0 Å². The fraction of sp³-hybridized carbons (Fsp3) is 0.118. The monoisotopic (exact) mass is 377 g/mol. The van der Waals surface area contributed by atoms with E-state index in [2.05, 4.69) is 27.6 Å². The number of hydrogen-bond donors (Lipinski definition) is 1. The number of aryl methyl sites for hydroxylation is 2. The van der Waals surface area contributed by atoms with Gasteiger partial charge in [-0.05, 0) is 30.2 Å². The maximum atomic E-state index is 12.3. The van der Waals surface area contributed by atoms with Crippen molar-refractivity contribution in [2.45, 2.75) is 12.8 Å². The molecule has 0 fully saturated rings. The summed E-state index contributed by atoms with van der Waals surface area (Å²) in [6.07, 6.45) is 1.65. The van der Waals surface area contributed by atoms with Gasteiger partial charge in [-0.15, -0.1) is 10.2 Å². The summed E-state index contributed by atoms with van der Waals surface area (Å²) < 4.78 is 0. The molecule has 0 atom stereocenters. The molecule has 4 nitrogen and oxygen atoms in total. The first-order valence-electron chi connectivity index (χ1n) is 7.24. The smallest absolute Gasteiger partial charge is 0.259 e. The maximum Gasteiger partial charge on any atom is 0.259 e. The van der Waals surface area contributed by atoms with Crippen molar-refractivity contribution in [1.29, 1.82) is 0 Å². The lowest BCUT2D eigenvalue weighted by atomic mass is 10.1. The Labute approximate surface area is 153 Å². The highest BCUT2D eigenvalue weighted by molar-refractivity contribution is 7.15. The van der Waals surface area contributed by atoms with Gasteiger partial charge in [0.1, 0.15) is 5.01 Å². The second kappa shape index (κ2) is 7.75. The second-order valence-corrected chi connectivity index (χ2v) is 6.97. The van der Waals surface area contributed by atoms with Gasteiger partial charge in [0.05, 0.1) is 10.6 Å². The molecular weight excluding hydrogens is 365 g/mol. The Kier molecular flexibility index (Phi) is 5.45. The first-order valence-corrected chi connectivity index (χ1v) is 8.82. The highest BCUT2D eigenvalue weighted by atomic mass is 35.5. The lowest BCUT2D eigenvalue weighted by molar-refractivity contribution is 0.102. The van der Waals surface area contributed by atoms with Crippen LogP contribution in [-0.4, -0.2) is 16.1 Å². The molecule has 3 rings (SSSR count). The van der Waals surface area contributed by atoms with E-state index >= 15 is 0 Å². The average molecular weight is 378 g/mol. The van der Waals surface area contributed by atoms with Crippen molar-refractivity contribution < 1.29 is 4.79 Å². The van der Waals surface area contributed by atoms with Gasteiger partial charge in [0.25, 0.3) is 5.91 Å². The molecule has 0 aliphatic rings. The zero-order valence-electron chi connectivity index (χ0n) is 12.5. The molecule has 2 aromatic carbocycles. The molecule has 1 N–H and O–H groups in total. The summed E-state index contributed by atoms with van der Waals surface area (Å²) in [5.74, 6) is -0.353. The van der Waals surface area contributed by atoms with E-state index in [1.54, 1.807) is 12.1 Å². The SMILES string of the molecule is O=C(Nc1nnc(CCc2ccccc2)s1)c1cc(Cl)ccc1Cl. The van der Waals surface area contributed by atoms with Gasteiger partial charge in [-0.25, -0.2) is 0 Å². The molecule has 3 aromatic rings. The fourth-order valence-corrected chi connectivity index (χ4v) is 3.25. The molecular formula is C17H13Cl2N3OS. The third-order valence-electron chi connectivity index (χ3n) is 3.33. The third kappa shape index (κ3) is 4.32. The molecule has 1 amide bonds. The van der Waals surface area contributed by atoms with Crippen LogP contribution in [0.25, 0.3) is 0 Å². The number of carbonyl (C=O) groups excluding carboxylic acids is 1. The molecule has 1 aromatic heterocycles. The zero-order chi connectivity index (χ0) is 16.9. The number of anilines is 1. The Bertz CT molecular complexity index is 852. The van der Waals surface area contributed by atoms with E-state index in [1.165, 1.54) is 23.0 Å². The molecule has 0 unspecified atom stereocenters. The van der Waals surface area contributed by atoms with E-state index < -0.39 is 0 Å². The molecule has 0 saturated carbocycles. The van der Waals surface area contributed by atoms with Crippen molar-refractivity contribution in [3.05, 3.63) is 74.7 Å². The van der Waals surface area contributed by atoms with Crippen LogP contribution < -0.4 is 5.32 Å². The van der Waals surface area contributed by atoms with Gasteiger partial charge in [-0.2, -0.15) is 0 Å². The van der Waals surface area contributed by atoms with Crippen LogP contribution in [0.2, 0.25) is 10.0 Å². The molecule has 0 bridgehead atoms. The van der Waals surface area contributed by atoms with Gasteiger partial charge in [-0.1, -0.05) is 64.9 Å². The Hall–Kier alpha value is -1.95. The van der Waals surface area contributed by atoms with Gasteiger partial charge >= 0.3 is 0 Å². The molecule has 0 aliphatic heterocycles. The normalized spacial score (nSPS) is 10.6. The number of carbonyl (C=O) groups is 1. The van der Waals surface area contributed by atoms with Crippen LogP contribution in [0.1, 0.15) is 20.9 Å². The van der Waals surface area contributed by atoms with Crippen LogP contribution in [0.4, 0.5) is 5.13 Å². The van der Waals surface area contributed by atoms with E-state index in [9.17, 15) is 4.79 Å². The van der Waals surface area contributed by atoms with E-state index in [0.29, 0.717) is 20.7 Å². The van der Waals surface area contributed by atoms with Crippen molar-refractivity contribution in [3.63, 3.8) is 0 Å². The predicted octanol–water partition coefficient (Wildman–Crippen LogP) is 4.88. The third-order valence-corrected chi connectivity index (χ3v) is 4.79. The van der Waals surface area contributed by atoms with E-state index in [-0.39, 0.29) is 5.91 Å². The number of hydrogen-bond acceptors (Lipinski definition) is 4. The van der Waals surface area contributed by atoms with Crippen LogP contribution in [0.15, 0.2) is 48.5 Å². The van der Waals surface area contributed by atoms with Gasteiger partial charge in [0.2, 0.25) is 5.13 Å².